The van der Waals surface area contributed by atoms with Gasteiger partial charge >= 0.3 is 0 Å². The Balaban J connectivity index is 1.37. The highest BCUT2D eigenvalue weighted by molar-refractivity contribution is 7.17. The van der Waals surface area contributed by atoms with E-state index in [1.54, 1.807) is 6.20 Å². The summed E-state index contributed by atoms with van der Waals surface area (Å²) in [5.41, 5.74) is 3.93. The summed E-state index contributed by atoms with van der Waals surface area (Å²) in [6, 6.07) is 15.9. The average molecular weight is 424 g/mol. The van der Waals surface area contributed by atoms with E-state index < -0.39 is 0 Å². The van der Waals surface area contributed by atoms with Gasteiger partial charge in [0.15, 0.2) is 5.13 Å². The second-order valence-corrected chi connectivity index (χ2v) is 8.23. The summed E-state index contributed by atoms with van der Waals surface area (Å²) in [5.74, 6) is -0.165. The van der Waals surface area contributed by atoms with Crippen LogP contribution in [0.1, 0.15) is 9.67 Å². The van der Waals surface area contributed by atoms with Crippen molar-refractivity contribution in [1.82, 2.24) is 4.98 Å². The van der Waals surface area contributed by atoms with Crippen LogP contribution in [0.5, 0.6) is 0 Å². The summed E-state index contributed by atoms with van der Waals surface area (Å²) in [5, 5.41) is 6.89. The van der Waals surface area contributed by atoms with Crippen molar-refractivity contribution in [2.75, 3.05) is 60.8 Å². The highest BCUT2D eigenvalue weighted by Crippen LogP contribution is 2.26. The molecule has 1 amide bonds. The first-order chi connectivity index (χ1) is 14.6. The fourth-order valence-corrected chi connectivity index (χ4v) is 3.92. The van der Waals surface area contributed by atoms with Crippen molar-refractivity contribution in [1.29, 1.82) is 0 Å². The van der Waals surface area contributed by atoms with Crippen LogP contribution in [0.25, 0.3) is 0 Å². The number of morpholine rings is 1. The molecule has 7 nitrogen and oxygen atoms in total. The molecule has 2 heterocycles. The Hall–Kier alpha value is -3.10. The minimum absolute atomic E-state index is 0.165. The number of nitrogens with one attached hydrogen (secondary N) is 2. The number of aromatic nitrogens is 1. The van der Waals surface area contributed by atoms with E-state index in [1.165, 1.54) is 11.3 Å². The topological polar surface area (TPSA) is 69.7 Å². The lowest BCUT2D eigenvalue weighted by Gasteiger charge is -2.28. The Labute approximate surface area is 180 Å². The van der Waals surface area contributed by atoms with E-state index in [4.69, 9.17) is 4.74 Å². The van der Waals surface area contributed by atoms with Crippen LogP contribution in [0.4, 0.5) is 27.9 Å². The van der Waals surface area contributed by atoms with Crippen LogP contribution in [0.2, 0.25) is 0 Å². The molecular formula is C22H25N5O2S. The molecule has 156 valence electrons. The Morgan fingerprint density at radius 1 is 1.10 bits per heavy atom. The summed E-state index contributed by atoms with van der Waals surface area (Å²) in [6.07, 6.45) is 1.60. The van der Waals surface area contributed by atoms with Crippen molar-refractivity contribution >= 4 is 45.1 Å². The molecule has 0 radical (unpaired) electrons. The van der Waals surface area contributed by atoms with Gasteiger partial charge in [0.05, 0.1) is 19.4 Å². The van der Waals surface area contributed by atoms with Crippen LogP contribution in [0.15, 0.2) is 54.7 Å². The Kier molecular flexibility index (Phi) is 6.15. The molecule has 1 aliphatic heterocycles. The number of nitrogens with zero attached hydrogens (tertiary/aromatic N) is 3. The van der Waals surface area contributed by atoms with Crippen LogP contribution in [-0.2, 0) is 4.74 Å². The Morgan fingerprint density at radius 2 is 1.87 bits per heavy atom. The molecule has 2 N–H and O–H groups in total. The van der Waals surface area contributed by atoms with Crippen molar-refractivity contribution in [3.05, 3.63) is 59.6 Å². The van der Waals surface area contributed by atoms with Gasteiger partial charge in [0.25, 0.3) is 5.91 Å². The lowest BCUT2D eigenvalue weighted by molar-refractivity contribution is 0.103. The fraction of sp³-hybridized carbons (Fsp3) is 0.273. The van der Waals surface area contributed by atoms with Crippen LogP contribution in [-0.4, -0.2) is 51.3 Å². The van der Waals surface area contributed by atoms with Crippen molar-refractivity contribution in [2.24, 2.45) is 0 Å². The van der Waals surface area contributed by atoms with Gasteiger partial charge in [-0.3, -0.25) is 4.79 Å². The van der Waals surface area contributed by atoms with Crippen LogP contribution in [0.3, 0.4) is 0 Å². The van der Waals surface area contributed by atoms with Gasteiger partial charge in [-0.25, -0.2) is 4.98 Å². The number of ether oxygens (including phenoxy) is 1. The molecule has 4 rings (SSSR count). The second kappa shape index (κ2) is 9.15. The standard InChI is InChI=1S/C22H25N5O2S/c1-26(2)19-5-3-4-17(14-19)25-22-23-15-20(30-22)21(28)24-16-6-8-18(9-7-16)27-10-12-29-13-11-27/h3-9,14-15H,10-13H2,1-2H3,(H,23,25)(H,24,28). The lowest BCUT2D eigenvalue weighted by Crippen LogP contribution is -2.36. The number of thiazole rings is 1. The van der Waals surface area contributed by atoms with Crippen molar-refractivity contribution in [3.8, 4) is 0 Å². The molecule has 0 atom stereocenters. The van der Waals surface area contributed by atoms with Gasteiger partial charge in [0.2, 0.25) is 0 Å². The molecule has 3 aromatic rings. The van der Waals surface area contributed by atoms with E-state index in [2.05, 4.69) is 20.5 Å². The normalized spacial score (nSPS) is 13.7. The first-order valence-electron chi connectivity index (χ1n) is 9.83. The van der Waals surface area contributed by atoms with Gasteiger partial charge < -0.3 is 25.2 Å². The molecule has 30 heavy (non-hydrogen) atoms. The van der Waals surface area contributed by atoms with Gasteiger partial charge in [-0.1, -0.05) is 17.4 Å². The number of benzene rings is 2. The first-order valence-corrected chi connectivity index (χ1v) is 10.6. The van der Waals surface area contributed by atoms with E-state index >= 15 is 0 Å². The first kappa shape index (κ1) is 20.2. The highest BCUT2D eigenvalue weighted by atomic mass is 32.1. The minimum Gasteiger partial charge on any atom is -0.378 e. The zero-order valence-corrected chi connectivity index (χ0v) is 17.9. The van der Waals surface area contributed by atoms with Gasteiger partial charge in [0.1, 0.15) is 4.88 Å². The number of rotatable bonds is 6. The van der Waals surface area contributed by atoms with E-state index in [0.29, 0.717) is 10.0 Å². The van der Waals surface area contributed by atoms with Gasteiger partial charge in [-0.2, -0.15) is 0 Å². The Bertz CT molecular complexity index is 997. The SMILES string of the molecule is CN(C)c1cccc(Nc2ncc(C(=O)Nc3ccc(N4CCOCC4)cc3)s2)c1. The van der Waals surface area contributed by atoms with Gasteiger partial charge in [-0.15, -0.1) is 0 Å². The number of carbonyl (C=O) groups is 1. The predicted molar refractivity (Wildman–Crippen MR) is 124 cm³/mol. The fourth-order valence-electron chi connectivity index (χ4n) is 3.19. The zero-order chi connectivity index (χ0) is 20.9. The highest BCUT2D eigenvalue weighted by Gasteiger charge is 2.13. The third kappa shape index (κ3) is 4.90. The third-order valence-electron chi connectivity index (χ3n) is 4.84. The maximum Gasteiger partial charge on any atom is 0.267 e. The maximum absolute atomic E-state index is 12.6. The molecule has 1 saturated heterocycles. The summed E-state index contributed by atoms with van der Waals surface area (Å²) >= 11 is 1.33. The van der Waals surface area contributed by atoms with Crippen molar-refractivity contribution in [3.63, 3.8) is 0 Å². The number of carbonyl (C=O) groups excluding carboxylic acids is 1. The number of hydrogen-bond acceptors (Lipinski definition) is 7. The molecule has 1 fully saturated rings. The van der Waals surface area contributed by atoms with Crippen molar-refractivity contribution < 1.29 is 9.53 Å². The summed E-state index contributed by atoms with van der Waals surface area (Å²) in [7, 11) is 4.00. The quantitative estimate of drug-likeness (QED) is 0.624. The lowest BCUT2D eigenvalue weighted by atomic mass is 10.2. The summed E-state index contributed by atoms with van der Waals surface area (Å²) in [6.45, 7) is 3.28. The van der Waals surface area contributed by atoms with E-state index in [9.17, 15) is 4.79 Å². The van der Waals surface area contributed by atoms with Crippen molar-refractivity contribution in [2.45, 2.75) is 0 Å². The zero-order valence-electron chi connectivity index (χ0n) is 17.1. The molecule has 0 unspecified atom stereocenters. The largest absolute Gasteiger partial charge is 0.378 e. The third-order valence-corrected chi connectivity index (χ3v) is 5.76. The molecule has 0 bridgehead atoms. The molecular weight excluding hydrogens is 398 g/mol. The summed E-state index contributed by atoms with van der Waals surface area (Å²) in [4.78, 5) is 21.8. The Morgan fingerprint density at radius 3 is 2.60 bits per heavy atom. The molecule has 0 saturated carbocycles. The van der Waals surface area contributed by atoms with Gasteiger partial charge in [-0.05, 0) is 42.5 Å². The second-order valence-electron chi connectivity index (χ2n) is 7.20. The van der Waals surface area contributed by atoms with Crippen LogP contribution >= 0.6 is 11.3 Å². The van der Waals surface area contributed by atoms with Crippen LogP contribution in [0, 0.1) is 0 Å². The molecule has 2 aromatic carbocycles. The molecule has 0 aliphatic carbocycles. The van der Waals surface area contributed by atoms with Gasteiger partial charge in [0, 0.05) is 49.9 Å². The van der Waals surface area contributed by atoms with Crippen LogP contribution < -0.4 is 20.4 Å². The maximum atomic E-state index is 12.6. The predicted octanol–water partition coefficient (Wildman–Crippen LogP) is 4.04. The minimum atomic E-state index is -0.165. The van der Waals surface area contributed by atoms with E-state index in [1.807, 2.05) is 67.5 Å². The monoisotopic (exact) mass is 423 g/mol. The number of hydrogen-bond donors (Lipinski definition) is 2. The summed E-state index contributed by atoms with van der Waals surface area (Å²) < 4.78 is 5.39. The van der Waals surface area contributed by atoms with E-state index in [0.717, 1.165) is 49.1 Å². The van der Waals surface area contributed by atoms with E-state index in [-0.39, 0.29) is 5.91 Å². The molecule has 8 heteroatoms. The number of anilines is 5. The average Bonchev–Trinajstić information content (AvgIpc) is 3.24. The molecule has 1 aliphatic rings. The molecule has 0 spiro atoms. The molecule has 1 aromatic heterocycles. The smallest absolute Gasteiger partial charge is 0.267 e. The number of amides is 1.